The Labute approximate surface area is 123 Å². The molecule has 0 spiro atoms. The number of nitrogens with one attached hydrogen (secondary N) is 1. The van der Waals surface area contributed by atoms with Gasteiger partial charge in [-0.05, 0) is 42.9 Å². The van der Waals surface area contributed by atoms with Gasteiger partial charge in [-0.15, -0.1) is 0 Å². The molecule has 2 N–H and O–H groups in total. The molecule has 5 heteroatoms. The van der Waals surface area contributed by atoms with Gasteiger partial charge in [0.15, 0.2) is 0 Å². The van der Waals surface area contributed by atoms with Crippen LogP contribution in [0.3, 0.4) is 0 Å². The van der Waals surface area contributed by atoms with E-state index in [1.54, 1.807) is 7.11 Å². The second-order valence-corrected chi connectivity index (χ2v) is 6.03. The standard InChI is InChI=1S/C15H18ClNO3/c1-20-13-6-9(4-11(16)14(13)8-2-3-8)12-5-10(7-17-12)15(18)19/h4,6,8,10,12,17H,2-3,5,7H2,1H3,(H,18,19). The smallest absolute Gasteiger partial charge is 0.307 e. The molecular formula is C15H18ClNO3. The van der Waals surface area contributed by atoms with Gasteiger partial charge >= 0.3 is 5.97 Å². The molecule has 2 atom stereocenters. The molecule has 1 aliphatic heterocycles. The summed E-state index contributed by atoms with van der Waals surface area (Å²) in [5.74, 6) is 0.283. The third-order valence-corrected chi connectivity index (χ3v) is 4.51. The minimum absolute atomic E-state index is 0.0377. The van der Waals surface area contributed by atoms with Crippen molar-refractivity contribution in [2.45, 2.75) is 31.2 Å². The van der Waals surface area contributed by atoms with E-state index in [1.807, 2.05) is 12.1 Å². The van der Waals surface area contributed by atoms with Crippen LogP contribution in [0.2, 0.25) is 5.02 Å². The number of ether oxygens (including phenoxy) is 1. The quantitative estimate of drug-likeness (QED) is 0.896. The zero-order chi connectivity index (χ0) is 14.3. The van der Waals surface area contributed by atoms with Crippen molar-refractivity contribution < 1.29 is 14.6 Å². The third-order valence-electron chi connectivity index (χ3n) is 4.20. The number of aliphatic carboxylic acids is 1. The summed E-state index contributed by atoms with van der Waals surface area (Å²) in [4.78, 5) is 11.0. The first-order chi connectivity index (χ1) is 9.60. The molecule has 4 nitrogen and oxygen atoms in total. The normalized spacial score (nSPS) is 25.7. The largest absolute Gasteiger partial charge is 0.496 e. The number of methoxy groups -OCH3 is 1. The number of hydrogen-bond acceptors (Lipinski definition) is 3. The van der Waals surface area contributed by atoms with Crippen LogP contribution < -0.4 is 10.1 Å². The van der Waals surface area contributed by atoms with Gasteiger partial charge in [-0.25, -0.2) is 0 Å². The van der Waals surface area contributed by atoms with Crippen molar-refractivity contribution in [1.82, 2.24) is 5.32 Å². The van der Waals surface area contributed by atoms with E-state index in [2.05, 4.69) is 5.32 Å². The molecule has 1 heterocycles. The summed E-state index contributed by atoms with van der Waals surface area (Å²) in [7, 11) is 1.66. The van der Waals surface area contributed by atoms with Gasteiger partial charge < -0.3 is 15.2 Å². The first kappa shape index (κ1) is 13.7. The molecule has 2 fully saturated rings. The molecule has 1 aromatic carbocycles. The number of carboxylic acids is 1. The Bertz CT molecular complexity index is 542. The average molecular weight is 296 g/mol. The SMILES string of the molecule is COc1cc(C2CC(C(=O)O)CN2)cc(Cl)c1C1CC1. The molecule has 1 saturated carbocycles. The van der Waals surface area contributed by atoms with E-state index >= 15 is 0 Å². The molecule has 2 aliphatic rings. The summed E-state index contributed by atoms with van der Waals surface area (Å²) in [5, 5.41) is 13.1. The van der Waals surface area contributed by atoms with E-state index in [0.29, 0.717) is 18.9 Å². The average Bonchev–Trinajstić information content (AvgIpc) is 3.12. The number of carboxylic acid groups (broad SMARTS) is 1. The van der Waals surface area contributed by atoms with Gasteiger partial charge in [0.05, 0.1) is 13.0 Å². The van der Waals surface area contributed by atoms with Crippen molar-refractivity contribution in [1.29, 1.82) is 0 Å². The molecule has 0 bridgehead atoms. The Morgan fingerprint density at radius 2 is 2.20 bits per heavy atom. The van der Waals surface area contributed by atoms with Gasteiger partial charge in [-0.3, -0.25) is 4.79 Å². The molecular weight excluding hydrogens is 278 g/mol. The molecule has 0 aromatic heterocycles. The van der Waals surface area contributed by atoms with Crippen LogP contribution in [-0.4, -0.2) is 24.7 Å². The van der Waals surface area contributed by atoms with Crippen molar-refractivity contribution >= 4 is 17.6 Å². The van der Waals surface area contributed by atoms with E-state index in [1.165, 1.54) is 0 Å². The second-order valence-electron chi connectivity index (χ2n) is 5.62. The van der Waals surface area contributed by atoms with Crippen LogP contribution in [0.1, 0.15) is 42.3 Å². The van der Waals surface area contributed by atoms with Crippen LogP contribution in [0.15, 0.2) is 12.1 Å². The highest BCUT2D eigenvalue weighted by Crippen LogP contribution is 2.48. The number of benzene rings is 1. The van der Waals surface area contributed by atoms with Crippen LogP contribution in [0.25, 0.3) is 0 Å². The van der Waals surface area contributed by atoms with Crippen LogP contribution >= 0.6 is 11.6 Å². The molecule has 1 aromatic rings. The summed E-state index contributed by atoms with van der Waals surface area (Å²) in [5.41, 5.74) is 2.12. The van der Waals surface area contributed by atoms with Crippen molar-refractivity contribution in [3.05, 3.63) is 28.3 Å². The monoisotopic (exact) mass is 295 g/mol. The van der Waals surface area contributed by atoms with Crippen molar-refractivity contribution in [3.8, 4) is 5.75 Å². The van der Waals surface area contributed by atoms with E-state index < -0.39 is 5.97 Å². The zero-order valence-corrected chi connectivity index (χ0v) is 12.1. The van der Waals surface area contributed by atoms with Crippen LogP contribution in [0.4, 0.5) is 0 Å². The predicted octanol–water partition coefficient (Wildman–Crippen LogP) is 2.96. The fourth-order valence-electron chi connectivity index (χ4n) is 2.93. The Hall–Kier alpha value is -1.26. The maximum atomic E-state index is 11.0. The minimum Gasteiger partial charge on any atom is -0.496 e. The van der Waals surface area contributed by atoms with Crippen molar-refractivity contribution in [3.63, 3.8) is 0 Å². The van der Waals surface area contributed by atoms with E-state index in [0.717, 1.165) is 34.7 Å². The predicted molar refractivity (Wildman–Crippen MR) is 76.5 cm³/mol. The van der Waals surface area contributed by atoms with Crippen molar-refractivity contribution in [2.24, 2.45) is 5.92 Å². The van der Waals surface area contributed by atoms with E-state index in [-0.39, 0.29) is 12.0 Å². The van der Waals surface area contributed by atoms with Crippen LogP contribution in [0, 0.1) is 5.92 Å². The lowest BCUT2D eigenvalue weighted by atomic mass is 9.97. The number of hydrogen-bond donors (Lipinski definition) is 2. The van der Waals surface area contributed by atoms with Gasteiger partial charge in [-0.2, -0.15) is 0 Å². The highest BCUT2D eigenvalue weighted by Gasteiger charge is 2.33. The summed E-state index contributed by atoms with van der Waals surface area (Å²) >= 11 is 6.40. The molecule has 20 heavy (non-hydrogen) atoms. The van der Waals surface area contributed by atoms with Crippen LogP contribution in [-0.2, 0) is 4.79 Å². The first-order valence-electron chi connectivity index (χ1n) is 6.93. The Balaban J connectivity index is 1.87. The highest BCUT2D eigenvalue weighted by atomic mass is 35.5. The summed E-state index contributed by atoms with van der Waals surface area (Å²) in [6, 6.07) is 4.00. The molecule has 0 radical (unpaired) electrons. The molecule has 2 unspecified atom stereocenters. The molecule has 0 amide bonds. The number of rotatable bonds is 4. The Morgan fingerprint density at radius 3 is 2.75 bits per heavy atom. The van der Waals surface area contributed by atoms with Crippen LogP contribution in [0.5, 0.6) is 5.75 Å². The van der Waals surface area contributed by atoms with Gasteiger partial charge in [0.2, 0.25) is 0 Å². The summed E-state index contributed by atoms with van der Waals surface area (Å²) in [6.07, 6.45) is 2.92. The Kier molecular flexibility index (Phi) is 3.61. The van der Waals surface area contributed by atoms with E-state index in [4.69, 9.17) is 21.4 Å². The first-order valence-corrected chi connectivity index (χ1v) is 7.31. The minimum atomic E-state index is -0.743. The van der Waals surface area contributed by atoms with Crippen molar-refractivity contribution in [2.75, 3.05) is 13.7 Å². The third kappa shape index (κ3) is 2.50. The maximum Gasteiger partial charge on any atom is 0.307 e. The molecule has 1 saturated heterocycles. The molecule has 3 rings (SSSR count). The lowest BCUT2D eigenvalue weighted by Crippen LogP contribution is -2.17. The second kappa shape index (κ2) is 5.26. The fourth-order valence-corrected chi connectivity index (χ4v) is 3.30. The number of halogens is 1. The van der Waals surface area contributed by atoms with Gasteiger partial charge in [0.1, 0.15) is 5.75 Å². The summed E-state index contributed by atoms with van der Waals surface area (Å²) in [6.45, 7) is 0.504. The zero-order valence-electron chi connectivity index (χ0n) is 11.4. The Morgan fingerprint density at radius 1 is 1.45 bits per heavy atom. The lowest BCUT2D eigenvalue weighted by molar-refractivity contribution is -0.141. The fraction of sp³-hybridized carbons (Fsp3) is 0.533. The highest BCUT2D eigenvalue weighted by molar-refractivity contribution is 6.31. The molecule has 108 valence electrons. The van der Waals surface area contributed by atoms with Gasteiger partial charge in [0.25, 0.3) is 0 Å². The van der Waals surface area contributed by atoms with Gasteiger partial charge in [-0.1, -0.05) is 11.6 Å². The molecule has 1 aliphatic carbocycles. The topological polar surface area (TPSA) is 58.6 Å². The summed E-state index contributed by atoms with van der Waals surface area (Å²) < 4.78 is 5.47. The van der Waals surface area contributed by atoms with Gasteiger partial charge in [0, 0.05) is 23.2 Å². The van der Waals surface area contributed by atoms with E-state index in [9.17, 15) is 4.79 Å². The number of carbonyl (C=O) groups is 1. The maximum absolute atomic E-state index is 11.0. The lowest BCUT2D eigenvalue weighted by Gasteiger charge is -2.16.